The molecule has 2 atom stereocenters. The molecule has 0 aromatic carbocycles. The van der Waals surface area contributed by atoms with Crippen LogP contribution in [0.25, 0.3) is 0 Å². The molecule has 2 unspecified atom stereocenters. The van der Waals surface area contributed by atoms with Crippen molar-refractivity contribution in [3.05, 3.63) is 11.7 Å². The Morgan fingerprint density at radius 2 is 2.13 bits per heavy atom. The minimum atomic E-state index is 0.175. The number of aromatic nitrogens is 2. The summed E-state index contributed by atoms with van der Waals surface area (Å²) in [7, 11) is 1.77. The fourth-order valence-corrected chi connectivity index (χ4v) is 3.51. The van der Waals surface area contributed by atoms with Crippen LogP contribution < -0.4 is 10.6 Å². The van der Waals surface area contributed by atoms with Crippen molar-refractivity contribution in [3.63, 3.8) is 0 Å². The van der Waals surface area contributed by atoms with Crippen molar-refractivity contribution >= 4 is 5.96 Å². The first-order valence-electron chi connectivity index (χ1n) is 8.47. The molecule has 0 bridgehead atoms. The largest absolute Gasteiger partial charge is 0.378 e. The zero-order chi connectivity index (χ0) is 16.9. The third-order valence-electron chi connectivity index (χ3n) is 4.98. The molecule has 1 aromatic rings. The average molecular weight is 323 g/mol. The van der Waals surface area contributed by atoms with Crippen LogP contribution in [-0.4, -0.2) is 41.9 Å². The van der Waals surface area contributed by atoms with E-state index in [2.05, 4.69) is 46.5 Å². The number of hydrogen-bond donors (Lipinski definition) is 2. The second-order valence-electron chi connectivity index (χ2n) is 5.98. The Bertz CT molecular complexity index is 524. The number of ether oxygens (including phenoxy) is 1. The minimum Gasteiger partial charge on any atom is -0.378 e. The van der Waals surface area contributed by atoms with E-state index in [1.165, 1.54) is 0 Å². The van der Waals surface area contributed by atoms with Crippen LogP contribution in [0.1, 0.15) is 51.7 Å². The molecule has 130 valence electrons. The molecule has 2 N–H and O–H groups in total. The first-order chi connectivity index (χ1) is 11.1. The monoisotopic (exact) mass is 323 g/mol. The van der Waals surface area contributed by atoms with E-state index in [1.807, 2.05) is 0 Å². The van der Waals surface area contributed by atoms with Crippen molar-refractivity contribution in [2.24, 2.45) is 10.4 Å². The lowest BCUT2D eigenvalue weighted by Gasteiger charge is -2.55. The van der Waals surface area contributed by atoms with Crippen molar-refractivity contribution in [3.8, 4) is 0 Å². The maximum Gasteiger partial charge on any atom is 0.246 e. The van der Waals surface area contributed by atoms with Crippen LogP contribution in [0.4, 0.5) is 0 Å². The minimum absolute atomic E-state index is 0.175. The van der Waals surface area contributed by atoms with E-state index in [0.29, 0.717) is 30.4 Å². The van der Waals surface area contributed by atoms with E-state index in [-0.39, 0.29) is 5.41 Å². The molecule has 0 aliphatic heterocycles. The van der Waals surface area contributed by atoms with Crippen LogP contribution in [0, 0.1) is 12.3 Å². The summed E-state index contributed by atoms with van der Waals surface area (Å²) in [6.07, 6.45) is 3.52. The van der Waals surface area contributed by atoms with Crippen molar-refractivity contribution in [2.75, 3.05) is 13.7 Å². The van der Waals surface area contributed by atoms with E-state index < -0.39 is 0 Å². The number of hydrogen-bond acceptors (Lipinski definition) is 5. The number of guanidine groups is 1. The summed E-state index contributed by atoms with van der Waals surface area (Å²) < 4.78 is 11.0. The van der Waals surface area contributed by atoms with Gasteiger partial charge in [0.25, 0.3) is 0 Å². The predicted octanol–water partition coefficient (Wildman–Crippen LogP) is 2.03. The third-order valence-corrected chi connectivity index (χ3v) is 4.98. The SMILES string of the molecule is CCOC1CC(NC(=NC)NCc2nc(C)no2)C1(CC)CC. The van der Waals surface area contributed by atoms with Gasteiger partial charge in [-0.2, -0.15) is 4.98 Å². The Morgan fingerprint density at radius 3 is 2.65 bits per heavy atom. The number of nitrogens with zero attached hydrogens (tertiary/aromatic N) is 3. The summed E-state index contributed by atoms with van der Waals surface area (Å²) in [4.78, 5) is 8.49. The van der Waals surface area contributed by atoms with Gasteiger partial charge in [-0.25, -0.2) is 0 Å². The highest BCUT2D eigenvalue weighted by Gasteiger charge is 2.53. The fraction of sp³-hybridized carbons (Fsp3) is 0.812. The Labute approximate surface area is 138 Å². The molecule has 0 saturated heterocycles. The van der Waals surface area contributed by atoms with Crippen molar-refractivity contribution in [1.29, 1.82) is 0 Å². The lowest BCUT2D eigenvalue weighted by atomic mass is 9.58. The summed E-state index contributed by atoms with van der Waals surface area (Å²) in [5.41, 5.74) is 0.175. The summed E-state index contributed by atoms with van der Waals surface area (Å²) in [5, 5.41) is 10.5. The van der Waals surface area contributed by atoms with Crippen LogP contribution in [0.2, 0.25) is 0 Å². The third kappa shape index (κ3) is 3.65. The molecule has 1 aliphatic carbocycles. The van der Waals surface area contributed by atoms with E-state index >= 15 is 0 Å². The van der Waals surface area contributed by atoms with Gasteiger partial charge >= 0.3 is 0 Å². The maximum absolute atomic E-state index is 5.92. The van der Waals surface area contributed by atoms with Gasteiger partial charge in [0.1, 0.15) is 0 Å². The molecular weight excluding hydrogens is 294 g/mol. The summed E-state index contributed by atoms with van der Waals surface area (Å²) in [6.45, 7) is 9.57. The maximum atomic E-state index is 5.92. The van der Waals surface area contributed by atoms with Gasteiger partial charge in [0.2, 0.25) is 5.89 Å². The Hall–Kier alpha value is -1.63. The number of aliphatic imine (C=N–C) groups is 1. The van der Waals surface area contributed by atoms with Crippen molar-refractivity contribution in [1.82, 2.24) is 20.8 Å². The molecule has 2 rings (SSSR count). The Balaban J connectivity index is 1.93. The molecule has 0 radical (unpaired) electrons. The highest BCUT2D eigenvalue weighted by molar-refractivity contribution is 5.80. The molecule has 23 heavy (non-hydrogen) atoms. The van der Waals surface area contributed by atoms with Crippen LogP contribution >= 0.6 is 0 Å². The predicted molar refractivity (Wildman–Crippen MR) is 89.2 cm³/mol. The first-order valence-corrected chi connectivity index (χ1v) is 8.47. The topological polar surface area (TPSA) is 84.6 Å². The second kappa shape index (κ2) is 7.77. The summed E-state index contributed by atoms with van der Waals surface area (Å²) >= 11 is 0. The van der Waals surface area contributed by atoms with E-state index in [9.17, 15) is 0 Å². The van der Waals surface area contributed by atoms with Crippen LogP contribution in [0.5, 0.6) is 0 Å². The smallest absolute Gasteiger partial charge is 0.246 e. The van der Waals surface area contributed by atoms with Crippen molar-refractivity contribution < 1.29 is 9.26 Å². The molecule has 0 spiro atoms. The van der Waals surface area contributed by atoms with Crippen LogP contribution in [0.15, 0.2) is 9.52 Å². The van der Waals surface area contributed by atoms with Gasteiger partial charge in [-0.05, 0) is 33.1 Å². The number of rotatable bonds is 7. The van der Waals surface area contributed by atoms with Crippen LogP contribution in [0.3, 0.4) is 0 Å². The summed E-state index contributed by atoms with van der Waals surface area (Å²) in [6, 6.07) is 0.365. The molecule has 1 aliphatic rings. The van der Waals surface area contributed by atoms with E-state index in [1.54, 1.807) is 14.0 Å². The molecule has 1 aromatic heterocycles. The van der Waals surface area contributed by atoms with Gasteiger partial charge in [0, 0.05) is 25.1 Å². The second-order valence-corrected chi connectivity index (χ2v) is 5.98. The van der Waals surface area contributed by atoms with Gasteiger partial charge in [0.15, 0.2) is 11.8 Å². The Morgan fingerprint density at radius 1 is 1.39 bits per heavy atom. The molecule has 1 fully saturated rings. The van der Waals surface area contributed by atoms with Gasteiger partial charge in [-0.3, -0.25) is 4.99 Å². The highest BCUT2D eigenvalue weighted by atomic mass is 16.5. The zero-order valence-corrected chi connectivity index (χ0v) is 14.8. The zero-order valence-electron chi connectivity index (χ0n) is 14.8. The van der Waals surface area contributed by atoms with Crippen molar-refractivity contribution in [2.45, 2.75) is 65.6 Å². The molecule has 7 heteroatoms. The lowest BCUT2D eigenvalue weighted by molar-refractivity contribution is -0.133. The van der Waals surface area contributed by atoms with Crippen LogP contribution in [-0.2, 0) is 11.3 Å². The quantitative estimate of drug-likeness (QED) is 0.590. The molecule has 0 amide bonds. The average Bonchev–Trinajstić information content (AvgIpc) is 2.96. The first kappa shape index (κ1) is 17.7. The van der Waals surface area contributed by atoms with Gasteiger partial charge in [0.05, 0.1) is 12.6 Å². The highest BCUT2D eigenvalue weighted by Crippen LogP contribution is 2.48. The number of aryl methyl sites for hydroxylation is 1. The number of nitrogens with one attached hydrogen (secondary N) is 2. The molecule has 7 nitrogen and oxygen atoms in total. The van der Waals surface area contributed by atoms with Gasteiger partial charge < -0.3 is 19.9 Å². The van der Waals surface area contributed by atoms with E-state index in [4.69, 9.17) is 9.26 Å². The standard InChI is InChI=1S/C16H29N5O2/c1-6-16(7-2)12(9-13(16)22-8-3)20-15(17-5)18-10-14-19-11(4)21-23-14/h12-13H,6-10H2,1-5H3,(H2,17,18,20). The Kier molecular flexibility index (Phi) is 5.98. The van der Waals surface area contributed by atoms with Gasteiger partial charge in [-0.15, -0.1) is 0 Å². The fourth-order valence-electron chi connectivity index (χ4n) is 3.51. The molecular formula is C16H29N5O2. The molecule has 1 heterocycles. The normalized spacial score (nSPS) is 23.4. The molecule has 1 saturated carbocycles. The lowest BCUT2D eigenvalue weighted by Crippen LogP contribution is -2.65. The van der Waals surface area contributed by atoms with E-state index in [0.717, 1.165) is 31.8 Å². The summed E-state index contributed by atoms with van der Waals surface area (Å²) in [5.74, 6) is 1.95. The van der Waals surface area contributed by atoms with Gasteiger partial charge in [-0.1, -0.05) is 19.0 Å².